The first-order valence-electron chi connectivity index (χ1n) is 4.05. The van der Waals surface area contributed by atoms with E-state index in [-0.39, 0.29) is 5.91 Å². The number of piperidine rings is 1. The zero-order chi connectivity index (χ0) is 8.27. The number of halogens is 1. The van der Waals surface area contributed by atoms with E-state index in [1.165, 1.54) is 6.42 Å². The van der Waals surface area contributed by atoms with Crippen LogP contribution < -0.4 is 0 Å². The van der Waals surface area contributed by atoms with Crippen molar-refractivity contribution < 1.29 is 4.79 Å². The fourth-order valence-electron chi connectivity index (χ4n) is 1.48. The van der Waals surface area contributed by atoms with E-state index in [4.69, 9.17) is 11.6 Å². The number of alkyl halides is 1. The van der Waals surface area contributed by atoms with Gasteiger partial charge in [-0.2, -0.15) is 0 Å². The molecule has 1 amide bonds. The predicted molar refractivity (Wildman–Crippen MR) is 45.7 cm³/mol. The third-order valence-electron chi connectivity index (χ3n) is 2.18. The molecule has 0 aliphatic carbocycles. The van der Waals surface area contributed by atoms with E-state index in [2.05, 4.69) is 0 Å². The van der Waals surface area contributed by atoms with Crippen LogP contribution >= 0.6 is 11.6 Å². The van der Waals surface area contributed by atoms with E-state index in [0.717, 1.165) is 19.5 Å². The summed E-state index contributed by atoms with van der Waals surface area (Å²) in [4.78, 5) is 12.8. The second-order valence-corrected chi connectivity index (χ2v) is 3.44. The summed E-state index contributed by atoms with van der Waals surface area (Å²) >= 11 is 5.71. The molecule has 0 aromatic rings. The van der Waals surface area contributed by atoms with Crippen molar-refractivity contribution in [3.05, 3.63) is 0 Å². The molecule has 1 aliphatic rings. The molecule has 0 aromatic carbocycles. The van der Waals surface area contributed by atoms with Gasteiger partial charge < -0.3 is 4.90 Å². The summed E-state index contributed by atoms with van der Waals surface area (Å²) in [5.41, 5.74) is 0. The molecule has 1 aliphatic heterocycles. The first-order chi connectivity index (χ1) is 5.24. The quantitative estimate of drug-likeness (QED) is 0.553. The molecule has 0 saturated carbocycles. The standard InChI is InChI=1S/C8H14ClNO/c1-7(11)10-4-2-3-8(5-9)6-10/h8H,2-6H2,1H3. The van der Waals surface area contributed by atoms with Gasteiger partial charge in [-0.05, 0) is 18.8 Å². The number of rotatable bonds is 1. The second kappa shape index (κ2) is 3.96. The number of likely N-dealkylation sites (tertiary alicyclic amines) is 1. The van der Waals surface area contributed by atoms with Crippen molar-refractivity contribution >= 4 is 17.5 Å². The van der Waals surface area contributed by atoms with Crippen molar-refractivity contribution in [2.75, 3.05) is 19.0 Å². The highest BCUT2D eigenvalue weighted by molar-refractivity contribution is 6.18. The average Bonchev–Trinajstić information content (AvgIpc) is 2.05. The summed E-state index contributed by atoms with van der Waals surface area (Å²) in [7, 11) is 0. The fourth-order valence-corrected chi connectivity index (χ4v) is 1.73. The first-order valence-corrected chi connectivity index (χ1v) is 4.59. The van der Waals surface area contributed by atoms with E-state index in [9.17, 15) is 4.79 Å². The summed E-state index contributed by atoms with van der Waals surface area (Å²) < 4.78 is 0. The number of hydrogen-bond donors (Lipinski definition) is 0. The minimum atomic E-state index is 0.180. The summed E-state index contributed by atoms with van der Waals surface area (Å²) in [6, 6.07) is 0. The monoisotopic (exact) mass is 175 g/mol. The van der Waals surface area contributed by atoms with Gasteiger partial charge in [0.05, 0.1) is 0 Å². The molecule has 0 N–H and O–H groups in total. The number of nitrogens with zero attached hydrogens (tertiary/aromatic N) is 1. The Hall–Kier alpha value is -0.240. The van der Waals surface area contributed by atoms with Crippen molar-refractivity contribution in [2.45, 2.75) is 19.8 Å². The van der Waals surface area contributed by atoms with Crippen LogP contribution in [0.5, 0.6) is 0 Å². The number of hydrogen-bond acceptors (Lipinski definition) is 1. The van der Waals surface area contributed by atoms with Gasteiger partial charge in [-0.15, -0.1) is 11.6 Å². The molecule has 0 aromatic heterocycles. The minimum Gasteiger partial charge on any atom is -0.343 e. The topological polar surface area (TPSA) is 20.3 Å². The fraction of sp³-hybridized carbons (Fsp3) is 0.875. The van der Waals surface area contributed by atoms with Gasteiger partial charge in [0.1, 0.15) is 0 Å². The first kappa shape index (κ1) is 8.85. The summed E-state index contributed by atoms with van der Waals surface area (Å²) in [5, 5.41) is 0. The Balaban J connectivity index is 2.39. The Labute approximate surface area is 72.5 Å². The molecule has 1 atom stereocenters. The highest BCUT2D eigenvalue weighted by atomic mass is 35.5. The zero-order valence-electron chi connectivity index (χ0n) is 6.85. The van der Waals surface area contributed by atoms with Gasteiger partial charge in [-0.1, -0.05) is 0 Å². The van der Waals surface area contributed by atoms with Crippen LogP contribution in [0.25, 0.3) is 0 Å². The van der Waals surface area contributed by atoms with Crippen molar-refractivity contribution in [3.63, 3.8) is 0 Å². The van der Waals surface area contributed by atoms with Crippen molar-refractivity contribution in [1.29, 1.82) is 0 Å². The molecule has 1 saturated heterocycles. The lowest BCUT2D eigenvalue weighted by Crippen LogP contribution is -2.39. The molecule has 1 rings (SSSR count). The van der Waals surface area contributed by atoms with Crippen molar-refractivity contribution in [1.82, 2.24) is 4.90 Å². The average molecular weight is 176 g/mol. The maximum atomic E-state index is 10.9. The smallest absolute Gasteiger partial charge is 0.219 e. The Morgan fingerprint density at radius 3 is 3.00 bits per heavy atom. The van der Waals surface area contributed by atoms with Crippen LogP contribution in [-0.2, 0) is 4.79 Å². The molecule has 1 heterocycles. The van der Waals surface area contributed by atoms with Gasteiger partial charge in [-0.25, -0.2) is 0 Å². The normalized spacial score (nSPS) is 25.3. The van der Waals surface area contributed by atoms with Crippen LogP contribution in [0.1, 0.15) is 19.8 Å². The van der Waals surface area contributed by atoms with Gasteiger partial charge in [0, 0.05) is 25.9 Å². The lowest BCUT2D eigenvalue weighted by atomic mass is 10.0. The predicted octanol–water partition coefficient (Wildman–Crippen LogP) is 1.48. The maximum absolute atomic E-state index is 10.9. The summed E-state index contributed by atoms with van der Waals surface area (Å²) in [5.74, 6) is 1.39. The van der Waals surface area contributed by atoms with Crippen LogP contribution in [0.2, 0.25) is 0 Å². The second-order valence-electron chi connectivity index (χ2n) is 3.13. The molecule has 11 heavy (non-hydrogen) atoms. The van der Waals surface area contributed by atoms with E-state index in [1.54, 1.807) is 6.92 Å². The SMILES string of the molecule is CC(=O)N1CCCC(CCl)C1. The molecule has 0 bridgehead atoms. The molecule has 1 fully saturated rings. The minimum absolute atomic E-state index is 0.180. The highest BCUT2D eigenvalue weighted by Crippen LogP contribution is 2.17. The Kier molecular flexibility index (Phi) is 3.18. The molecule has 0 spiro atoms. The van der Waals surface area contributed by atoms with Crippen molar-refractivity contribution in [3.8, 4) is 0 Å². The van der Waals surface area contributed by atoms with Crippen LogP contribution in [0.3, 0.4) is 0 Å². The molecule has 64 valence electrons. The third-order valence-corrected chi connectivity index (χ3v) is 2.62. The Morgan fingerprint density at radius 2 is 2.45 bits per heavy atom. The molecular weight excluding hydrogens is 162 g/mol. The van der Waals surface area contributed by atoms with E-state index < -0.39 is 0 Å². The van der Waals surface area contributed by atoms with Gasteiger partial charge in [-0.3, -0.25) is 4.79 Å². The van der Waals surface area contributed by atoms with Crippen LogP contribution in [0, 0.1) is 5.92 Å². The number of carbonyl (C=O) groups excluding carboxylic acids is 1. The maximum Gasteiger partial charge on any atom is 0.219 e. The van der Waals surface area contributed by atoms with Gasteiger partial charge in [0.25, 0.3) is 0 Å². The lowest BCUT2D eigenvalue weighted by molar-refractivity contribution is -0.130. The zero-order valence-corrected chi connectivity index (χ0v) is 7.60. The van der Waals surface area contributed by atoms with Gasteiger partial charge in [0.15, 0.2) is 0 Å². The summed E-state index contributed by atoms with van der Waals surface area (Å²) in [6.07, 6.45) is 2.28. The van der Waals surface area contributed by atoms with E-state index in [0.29, 0.717) is 11.8 Å². The van der Waals surface area contributed by atoms with E-state index >= 15 is 0 Å². The molecule has 3 heteroatoms. The van der Waals surface area contributed by atoms with Crippen LogP contribution in [0.4, 0.5) is 0 Å². The highest BCUT2D eigenvalue weighted by Gasteiger charge is 2.20. The van der Waals surface area contributed by atoms with Gasteiger partial charge >= 0.3 is 0 Å². The number of carbonyl (C=O) groups is 1. The molecule has 2 nitrogen and oxygen atoms in total. The van der Waals surface area contributed by atoms with Crippen molar-refractivity contribution in [2.24, 2.45) is 5.92 Å². The summed E-state index contributed by atoms with van der Waals surface area (Å²) in [6.45, 7) is 3.40. The molecule has 1 unspecified atom stereocenters. The third kappa shape index (κ3) is 2.37. The Bertz CT molecular complexity index is 149. The van der Waals surface area contributed by atoms with Crippen LogP contribution in [-0.4, -0.2) is 29.8 Å². The van der Waals surface area contributed by atoms with Gasteiger partial charge in [0.2, 0.25) is 5.91 Å². The van der Waals surface area contributed by atoms with Crippen LogP contribution in [0.15, 0.2) is 0 Å². The largest absolute Gasteiger partial charge is 0.343 e. The van der Waals surface area contributed by atoms with E-state index in [1.807, 2.05) is 4.90 Å². The molecular formula is C8H14ClNO. The number of amides is 1. The molecule has 0 radical (unpaired) electrons. The Morgan fingerprint density at radius 1 is 1.73 bits per heavy atom. The lowest BCUT2D eigenvalue weighted by Gasteiger charge is -2.30.